The fourth-order valence-electron chi connectivity index (χ4n) is 2.16. The van der Waals surface area contributed by atoms with Crippen LogP contribution in [0.5, 0.6) is 0 Å². The second kappa shape index (κ2) is 6.43. The zero-order chi connectivity index (χ0) is 13.8. The first kappa shape index (κ1) is 14.4. The van der Waals surface area contributed by atoms with Crippen molar-refractivity contribution in [3.8, 4) is 0 Å². The van der Waals surface area contributed by atoms with Crippen LogP contribution in [0, 0.1) is 12.8 Å². The number of thiophene rings is 1. The molecule has 1 fully saturated rings. The predicted octanol–water partition coefficient (Wildman–Crippen LogP) is 3.23. The van der Waals surface area contributed by atoms with Gasteiger partial charge in [0.2, 0.25) is 5.91 Å². The summed E-state index contributed by atoms with van der Waals surface area (Å²) in [5.41, 5.74) is 1.28. The first-order valence-electron chi connectivity index (χ1n) is 6.27. The van der Waals surface area contributed by atoms with Gasteiger partial charge in [0.25, 0.3) is 0 Å². The summed E-state index contributed by atoms with van der Waals surface area (Å²) in [6.07, 6.45) is 2.65. The van der Waals surface area contributed by atoms with Gasteiger partial charge in [-0.1, -0.05) is 0 Å². The third kappa shape index (κ3) is 3.73. The zero-order valence-corrected chi connectivity index (χ0v) is 12.4. The van der Waals surface area contributed by atoms with E-state index in [9.17, 15) is 9.59 Å². The number of rotatable bonds is 4. The standard InChI is InChI=1S/C13H17NO3S2/c1-8-7-19-12(13(16)17)11(8)14-10(15)6-9-2-4-18-5-3-9/h7,9H,2-6H2,1H3,(H,14,15)(H,16,17). The molecule has 1 aliphatic heterocycles. The highest BCUT2D eigenvalue weighted by molar-refractivity contribution is 7.99. The molecule has 6 heteroatoms. The molecule has 0 spiro atoms. The summed E-state index contributed by atoms with van der Waals surface area (Å²) < 4.78 is 0. The van der Waals surface area contributed by atoms with Gasteiger partial charge in [0.05, 0.1) is 5.69 Å². The van der Waals surface area contributed by atoms with Crippen molar-refractivity contribution in [1.82, 2.24) is 0 Å². The van der Waals surface area contributed by atoms with Gasteiger partial charge in [-0.2, -0.15) is 11.8 Å². The number of anilines is 1. The van der Waals surface area contributed by atoms with E-state index in [1.54, 1.807) is 5.38 Å². The van der Waals surface area contributed by atoms with E-state index in [0.29, 0.717) is 18.0 Å². The third-order valence-corrected chi connectivity index (χ3v) is 5.38. The van der Waals surface area contributed by atoms with Gasteiger partial charge in [-0.25, -0.2) is 4.79 Å². The number of amides is 1. The van der Waals surface area contributed by atoms with Crippen molar-refractivity contribution in [2.24, 2.45) is 5.92 Å². The van der Waals surface area contributed by atoms with Crippen molar-refractivity contribution in [3.05, 3.63) is 15.8 Å². The van der Waals surface area contributed by atoms with Crippen molar-refractivity contribution >= 4 is 40.7 Å². The molecule has 0 aliphatic carbocycles. The smallest absolute Gasteiger partial charge is 0.348 e. The molecule has 2 rings (SSSR count). The Morgan fingerprint density at radius 2 is 2.11 bits per heavy atom. The summed E-state index contributed by atoms with van der Waals surface area (Å²) in [4.78, 5) is 23.3. The van der Waals surface area contributed by atoms with Gasteiger partial charge in [0.15, 0.2) is 0 Å². The molecular weight excluding hydrogens is 282 g/mol. The Balaban J connectivity index is 1.98. The Labute approximate surface area is 120 Å². The van der Waals surface area contributed by atoms with Gasteiger partial charge in [0.1, 0.15) is 4.88 Å². The summed E-state index contributed by atoms with van der Waals surface area (Å²) in [5, 5.41) is 13.6. The molecule has 2 N–H and O–H groups in total. The highest BCUT2D eigenvalue weighted by Crippen LogP contribution is 2.29. The SMILES string of the molecule is Cc1csc(C(=O)O)c1NC(=O)CC1CCSCC1. The summed E-state index contributed by atoms with van der Waals surface area (Å²) in [5.74, 6) is 1.63. The van der Waals surface area contributed by atoms with Crippen LogP contribution >= 0.6 is 23.1 Å². The number of carboxylic acid groups (broad SMARTS) is 1. The van der Waals surface area contributed by atoms with E-state index in [1.165, 1.54) is 0 Å². The minimum atomic E-state index is -0.984. The average molecular weight is 299 g/mol. The van der Waals surface area contributed by atoms with E-state index in [0.717, 1.165) is 41.2 Å². The largest absolute Gasteiger partial charge is 0.477 e. The third-order valence-electron chi connectivity index (χ3n) is 3.25. The summed E-state index contributed by atoms with van der Waals surface area (Å²) in [7, 11) is 0. The molecule has 1 aromatic heterocycles. The van der Waals surface area contributed by atoms with E-state index in [2.05, 4.69) is 5.32 Å². The molecule has 4 nitrogen and oxygen atoms in total. The normalized spacial score (nSPS) is 16.3. The molecule has 0 unspecified atom stereocenters. The number of carbonyl (C=O) groups is 2. The maximum atomic E-state index is 12.0. The minimum absolute atomic E-state index is 0.0686. The lowest BCUT2D eigenvalue weighted by atomic mass is 9.98. The van der Waals surface area contributed by atoms with Crippen LogP contribution in [0.3, 0.4) is 0 Å². The Bertz CT molecular complexity index is 478. The first-order chi connectivity index (χ1) is 9.08. The van der Waals surface area contributed by atoms with Gasteiger partial charge in [0, 0.05) is 6.42 Å². The minimum Gasteiger partial charge on any atom is -0.477 e. The Morgan fingerprint density at radius 3 is 2.74 bits per heavy atom. The molecule has 104 valence electrons. The van der Waals surface area contributed by atoms with Crippen LogP contribution in [0.1, 0.15) is 34.5 Å². The summed E-state index contributed by atoms with van der Waals surface area (Å²) in [6.45, 7) is 1.82. The topological polar surface area (TPSA) is 66.4 Å². The highest BCUT2D eigenvalue weighted by atomic mass is 32.2. The van der Waals surface area contributed by atoms with Crippen molar-refractivity contribution in [3.63, 3.8) is 0 Å². The second-order valence-electron chi connectivity index (χ2n) is 4.74. The number of hydrogen-bond donors (Lipinski definition) is 2. The lowest BCUT2D eigenvalue weighted by Gasteiger charge is -2.20. The Morgan fingerprint density at radius 1 is 1.42 bits per heavy atom. The fourth-order valence-corrected chi connectivity index (χ4v) is 4.21. The number of aromatic carboxylic acids is 1. The number of carboxylic acids is 1. The number of aryl methyl sites for hydroxylation is 1. The zero-order valence-electron chi connectivity index (χ0n) is 10.8. The van der Waals surface area contributed by atoms with Gasteiger partial charge in [-0.05, 0) is 48.1 Å². The molecule has 0 aromatic carbocycles. The van der Waals surface area contributed by atoms with Gasteiger partial charge in [-0.3, -0.25) is 4.79 Å². The molecular formula is C13H17NO3S2. The molecule has 0 radical (unpaired) electrons. The maximum absolute atomic E-state index is 12.0. The summed E-state index contributed by atoms with van der Waals surface area (Å²) in [6, 6.07) is 0. The molecule has 0 atom stereocenters. The number of carbonyl (C=O) groups excluding carboxylic acids is 1. The molecule has 0 bridgehead atoms. The van der Waals surface area contributed by atoms with Crippen LogP contribution in [-0.4, -0.2) is 28.5 Å². The molecule has 1 aromatic rings. The van der Waals surface area contributed by atoms with Crippen LogP contribution in [0.15, 0.2) is 5.38 Å². The number of nitrogens with one attached hydrogen (secondary N) is 1. The Kier molecular flexibility index (Phi) is 4.87. The van der Waals surface area contributed by atoms with Gasteiger partial charge in [-0.15, -0.1) is 11.3 Å². The van der Waals surface area contributed by atoms with Crippen molar-refractivity contribution in [2.45, 2.75) is 26.2 Å². The van der Waals surface area contributed by atoms with E-state index < -0.39 is 5.97 Å². The van der Waals surface area contributed by atoms with Crippen molar-refractivity contribution < 1.29 is 14.7 Å². The van der Waals surface area contributed by atoms with Crippen LogP contribution in [0.25, 0.3) is 0 Å². The molecule has 2 heterocycles. The van der Waals surface area contributed by atoms with E-state index >= 15 is 0 Å². The lowest BCUT2D eigenvalue weighted by molar-refractivity contribution is -0.117. The van der Waals surface area contributed by atoms with E-state index in [-0.39, 0.29) is 10.8 Å². The number of thioether (sulfide) groups is 1. The van der Waals surface area contributed by atoms with Crippen LogP contribution in [-0.2, 0) is 4.79 Å². The molecule has 1 aliphatic rings. The maximum Gasteiger partial charge on any atom is 0.348 e. The van der Waals surface area contributed by atoms with Crippen LogP contribution < -0.4 is 5.32 Å². The Hall–Kier alpha value is -1.01. The average Bonchev–Trinajstić information content (AvgIpc) is 2.72. The van der Waals surface area contributed by atoms with Crippen molar-refractivity contribution in [1.29, 1.82) is 0 Å². The first-order valence-corrected chi connectivity index (χ1v) is 8.30. The molecule has 0 saturated carbocycles. The monoisotopic (exact) mass is 299 g/mol. The quantitative estimate of drug-likeness (QED) is 0.896. The predicted molar refractivity (Wildman–Crippen MR) is 79.3 cm³/mol. The second-order valence-corrected chi connectivity index (χ2v) is 6.84. The number of hydrogen-bond acceptors (Lipinski definition) is 4. The summed E-state index contributed by atoms with van der Waals surface area (Å²) >= 11 is 3.09. The fraction of sp³-hybridized carbons (Fsp3) is 0.538. The van der Waals surface area contributed by atoms with E-state index in [1.807, 2.05) is 18.7 Å². The van der Waals surface area contributed by atoms with Gasteiger partial charge < -0.3 is 10.4 Å². The lowest BCUT2D eigenvalue weighted by Crippen LogP contribution is -2.20. The molecule has 1 amide bonds. The molecule has 19 heavy (non-hydrogen) atoms. The highest BCUT2D eigenvalue weighted by Gasteiger charge is 2.20. The van der Waals surface area contributed by atoms with Crippen LogP contribution in [0.2, 0.25) is 0 Å². The van der Waals surface area contributed by atoms with Crippen LogP contribution in [0.4, 0.5) is 5.69 Å². The van der Waals surface area contributed by atoms with Crippen molar-refractivity contribution in [2.75, 3.05) is 16.8 Å². The molecule has 1 saturated heterocycles. The van der Waals surface area contributed by atoms with E-state index in [4.69, 9.17) is 5.11 Å². The van der Waals surface area contributed by atoms with Gasteiger partial charge >= 0.3 is 5.97 Å².